The first-order chi connectivity index (χ1) is 8.48. The molecule has 2 aliphatic rings. The molecule has 2 unspecified atom stereocenters. The molecule has 5 heteroatoms. The normalized spacial score (nSPS) is 29.4. The van der Waals surface area contributed by atoms with Crippen molar-refractivity contribution < 1.29 is 22.7 Å². The van der Waals surface area contributed by atoms with Crippen molar-refractivity contribution in [2.45, 2.75) is 44.7 Å². The maximum atomic E-state index is 12.7. The zero-order valence-corrected chi connectivity index (χ0v) is 10.1. The minimum atomic E-state index is -4.17. The molecule has 0 aromatic heterocycles. The zero-order chi connectivity index (χ0) is 13.2. The Balaban J connectivity index is 2.00. The number of hydrogen-bond donors (Lipinski definition) is 0. The van der Waals surface area contributed by atoms with Crippen LogP contribution in [0, 0.1) is 11.8 Å². The van der Waals surface area contributed by atoms with Gasteiger partial charge in [-0.05, 0) is 32.1 Å². The molecule has 2 rings (SSSR count). The van der Waals surface area contributed by atoms with E-state index in [1.54, 1.807) is 0 Å². The van der Waals surface area contributed by atoms with Gasteiger partial charge in [0.1, 0.15) is 0 Å². The van der Waals surface area contributed by atoms with E-state index >= 15 is 0 Å². The first kappa shape index (κ1) is 13.4. The van der Waals surface area contributed by atoms with Crippen LogP contribution in [0.1, 0.15) is 38.5 Å². The molecule has 0 aromatic carbocycles. The van der Waals surface area contributed by atoms with Gasteiger partial charge in [-0.2, -0.15) is 13.2 Å². The van der Waals surface area contributed by atoms with Gasteiger partial charge in [-0.25, -0.2) is 0 Å². The van der Waals surface area contributed by atoms with E-state index in [1.807, 2.05) is 0 Å². The van der Waals surface area contributed by atoms with Crippen LogP contribution >= 0.6 is 0 Å². The van der Waals surface area contributed by atoms with Gasteiger partial charge in [0.25, 0.3) is 0 Å². The zero-order valence-electron chi connectivity index (χ0n) is 10.1. The second kappa shape index (κ2) is 5.33. The molecular formula is C13H17F3O2. The van der Waals surface area contributed by atoms with Crippen molar-refractivity contribution in [1.29, 1.82) is 0 Å². The Morgan fingerprint density at radius 2 is 2.06 bits per heavy atom. The molecule has 102 valence electrons. The summed E-state index contributed by atoms with van der Waals surface area (Å²) in [6.07, 6.45) is -0.182. The lowest BCUT2D eigenvalue weighted by molar-refractivity contribution is -0.185. The SMILES string of the molecule is O=C(C1=COCCC1)C1CCCC(C(F)(F)F)C1. The predicted molar refractivity (Wildman–Crippen MR) is 59.8 cm³/mol. The summed E-state index contributed by atoms with van der Waals surface area (Å²) in [5, 5.41) is 0. The van der Waals surface area contributed by atoms with E-state index < -0.39 is 18.0 Å². The molecule has 1 aliphatic heterocycles. The number of ether oxygens (including phenoxy) is 1. The summed E-state index contributed by atoms with van der Waals surface area (Å²) >= 11 is 0. The Bertz CT molecular complexity index is 347. The fraction of sp³-hybridized carbons (Fsp3) is 0.769. The highest BCUT2D eigenvalue weighted by Crippen LogP contribution is 2.41. The van der Waals surface area contributed by atoms with Crippen LogP contribution in [0.2, 0.25) is 0 Å². The van der Waals surface area contributed by atoms with Gasteiger partial charge in [-0.3, -0.25) is 4.79 Å². The van der Waals surface area contributed by atoms with Crippen LogP contribution in [0.15, 0.2) is 11.8 Å². The number of carbonyl (C=O) groups is 1. The summed E-state index contributed by atoms with van der Waals surface area (Å²) in [7, 11) is 0. The molecule has 0 amide bonds. The summed E-state index contributed by atoms with van der Waals surface area (Å²) in [6, 6.07) is 0. The molecule has 1 saturated carbocycles. The number of Topliss-reactive ketones (excluding diaryl/α,β-unsaturated/α-hetero) is 1. The number of alkyl halides is 3. The highest BCUT2D eigenvalue weighted by atomic mass is 19.4. The molecule has 1 aliphatic carbocycles. The van der Waals surface area contributed by atoms with Crippen LogP contribution < -0.4 is 0 Å². The van der Waals surface area contributed by atoms with Crippen molar-refractivity contribution in [3.05, 3.63) is 11.8 Å². The van der Waals surface area contributed by atoms with Crippen LogP contribution in [0.3, 0.4) is 0 Å². The van der Waals surface area contributed by atoms with Crippen LogP contribution in [-0.2, 0) is 9.53 Å². The summed E-state index contributed by atoms with van der Waals surface area (Å²) in [6.45, 7) is 0.590. The summed E-state index contributed by atoms with van der Waals surface area (Å²) in [4.78, 5) is 12.1. The highest BCUT2D eigenvalue weighted by molar-refractivity contribution is 5.97. The van der Waals surface area contributed by atoms with Crippen molar-refractivity contribution in [2.24, 2.45) is 11.8 Å². The van der Waals surface area contributed by atoms with E-state index in [1.165, 1.54) is 6.26 Å². The van der Waals surface area contributed by atoms with Gasteiger partial charge in [0.2, 0.25) is 0 Å². The van der Waals surface area contributed by atoms with Gasteiger partial charge in [0, 0.05) is 11.5 Å². The molecule has 0 radical (unpaired) electrons. The van der Waals surface area contributed by atoms with Crippen molar-refractivity contribution in [1.82, 2.24) is 0 Å². The molecule has 18 heavy (non-hydrogen) atoms. The molecular weight excluding hydrogens is 245 g/mol. The number of carbonyl (C=O) groups excluding carboxylic acids is 1. The van der Waals surface area contributed by atoms with Gasteiger partial charge >= 0.3 is 6.18 Å². The van der Waals surface area contributed by atoms with Crippen LogP contribution in [-0.4, -0.2) is 18.6 Å². The third kappa shape index (κ3) is 3.06. The fourth-order valence-electron chi connectivity index (χ4n) is 2.73. The standard InChI is InChI=1S/C13H17F3O2/c14-13(15,16)11-5-1-3-9(7-11)12(17)10-4-2-6-18-8-10/h8-9,11H,1-7H2. The first-order valence-electron chi connectivity index (χ1n) is 6.40. The van der Waals surface area contributed by atoms with E-state index in [2.05, 4.69) is 0 Å². The van der Waals surface area contributed by atoms with Crippen LogP contribution in [0.5, 0.6) is 0 Å². The lowest BCUT2D eigenvalue weighted by Gasteiger charge is -2.30. The molecule has 0 N–H and O–H groups in total. The topological polar surface area (TPSA) is 26.3 Å². The highest BCUT2D eigenvalue weighted by Gasteiger charge is 2.43. The van der Waals surface area contributed by atoms with E-state index in [4.69, 9.17) is 4.74 Å². The fourth-order valence-corrected chi connectivity index (χ4v) is 2.73. The molecule has 2 atom stereocenters. The second-order valence-corrected chi connectivity index (χ2v) is 5.08. The van der Waals surface area contributed by atoms with E-state index in [9.17, 15) is 18.0 Å². The average Bonchev–Trinajstić information content (AvgIpc) is 2.38. The molecule has 0 aromatic rings. The Morgan fingerprint density at radius 3 is 2.67 bits per heavy atom. The predicted octanol–water partition coefficient (Wildman–Crippen LogP) is 3.62. The Labute approximate surface area is 104 Å². The van der Waals surface area contributed by atoms with Crippen molar-refractivity contribution in [2.75, 3.05) is 6.61 Å². The van der Waals surface area contributed by atoms with Gasteiger partial charge in [0.05, 0.1) is 18.8 Å². The van der Waals surface area contributed by atoms with Crippen LogP contribution in [0.4, 0.5) is 13.2 Å². The number of hydrogen-bond acceptors (Lipinski definition) is 2. The first-order valence-corrected chi connectivity index (χ1v) is 6.40. The lowest BCUT2D eigenvalue weighted by Crippen LogP contribution is -2.32. The Hall–Kier alpha value is -1.00. The largest absolute Gasteiger partial charge is 0.501 e. The summed E-state index contributed by atoms with van der Waals surface area (Å²) in [5.41, 5.74) is 0.564. The monoisotopic (exact) mass is 262 g/mol. The van der Waals surface area contributed by atoms with Crippen molar-refractivity contribution in [3.63, 3.8) is 0 Å². The van der Waals surface area contributed by atoms with Gasteiger partial charge in [-0.1, -0.05) is 6.42 Å². The summed E-state index contributed by atoms with van der Waals surface area (Å²) in [5.74, 6) is -1.92. The number of allylic oxidation sites excluding steroid dienone is 1. The number of ketones is 1. The molecule has 0 bridgehead atoms. The third-order valence-corrected chi connectivity index (χ3v) is 3.76. The van der Waals surface area contributed by atoms with Gasteiger partial charge in [0.15, 0.2) is 5.78 Å². The van der Waals surface area contributed by atoms with E-state index in [0.29, 0.717) is 31.4 Å². The van der Waals surface area contributed by atoms with Crippen molar-refractivity contribution >= 4 is 5.78 Å². The molecule has 2 nitrogen and oxygen atoms in total. The third-order valence-electron chi connectivity index (χ3n) is 3.76. The van der Waals surface area contributed by atoms with Gasteiger partial charge in [-0.15, -0.1) is 0 Å². The van der Waals surface area contributed by atoms with Gasteiger partial charge < -0.3 is 4.74 Å². The maximum Gasteiger partial charge on any atom is 0.391 e. The van der Waals surface area contributed by atoms with E-state index in [0.717, 1.165) is 6.42 Å². The lowest BCUT2D eigenvalue weighted by atomic mass is 9.77. The smallest absolute Gasteiger partial charge is 0.391 e. The minimum absolute atomic E-state index is 0.0559. The number of rotatable bonds is 2. The quantitative estimate of drug-likeness (QED) is 0.759. The second-order valence-electron chi connectivity index (χ2n) is 5.08. The van der Waals surface area contributed by atoms with E-state index in [-0.39, 0.29) is 18.6 Å². The average molecular weight is 262 g/mol. The summed E-state index contributed by atoms with van der Waals surface area (Å²) < 4.78 is 43.1. The molecule has 1 heterocycles. The van der Waals surface area contributed by atoms with Crippen LogP contribution in [0.25, 0.3) is 0 Å². The minimum Gasteiger partial charge on any atom is -0.501 e. The molecule has 1 fully saturated rings. The van der Waals surface area contributed by atoms with Crippen molar-refractivity contribution in [3.8, 4) is 0 Å². The number of halogens is 3. The maximum absolute atomic E-state index is 12.7. The Kier molecular flexibility index (Phi) is 3.97. The molecule has 0 saturated heterocycles. The molecule has 0 spiro atoms. The Morgan fingerprint density at radius 1 is 1.28 bits per heavy atom.